The Balaban J connectivity index is 2.20. The van der Waals surface area contributed by atoms with Crippen LogP contribution in [0.15, 0.2) is 45.5 Å². The normalized spacial score (nSPS) is 10.5. The summed E-state index contributed by atoms with van der Waals surface area (Å²) >= 11 is 6.83. The van der Waals surface area contributed by atoms with E-state index in [1.807, 2.05) is 30.3 Å². The number of hydrogen-bond acceptors (Lipinski definition) is 3. The lowest BCUT2D eigenvalue weighted by Crippen LogP contribution is -2.12. The van der Waals surface area contributed by atoms with E-state index in [1.165, 1.54) is 0 Å². The molecule has 1 aromatic heterocycles. The standard InChI is InChI=1S/C14H14Br2N2O/c1-2-17-8-10-7-12(16)9-18-14(10)19-13-5-3-11(15)4-6-13/h3-7,9,17H,2,8H2,1H3. The van der Waals surface area contributed by atoms with Crippen molar-refractivity contribution in [3.8, 4) is 11.6 Å². The summed E-state index contributed by atoms with van der Waals surface area (Å²) in [6, 6.07) is 9.72. The van der Waals surface area contributed by atoms with E-state index in [9.17, 15) is 0 Å². The highest BCUT2D eigenvalue weighted by Gasteiger charge is 2.07. The van der Waals surface area contributed by atoms with Gasteiger partial charge in [0.25, 0.3) is 0 Å². The van der Waals surface area contributed by atoms with E-state index in [0.717, 1.165) is 33.3 Å². The maximum Gasteiger partial charge on any atom is 0.223 e. The van der Waals surface area contributed by atoms with E-state index in [4.69, 9.17) is 4.74 Å². The van der Waals surface area contributed by atoms with Gasteiger partial charge >= 0.3 is 0 Å². The fourth-order valence-corrected chi connectivity index (χ4v) is 2.20. The van der Waals surface area contributed by atoms with Crippen LogP contribution in [-0.2, 0) is 6.54 Å². The predicted octanol–water partition coefficient (Wildman–Crippen LogP) is 4.51. The third-order valence-corrected chi connectivity index (χ3v) is 3.45. The topological polar surface area (TPSA) is 34.2 Å². The molecule has 5 heteroatoms. The number of aromatic nitrogens is 1. The molecule has 0 aliphatic heterocycles. The molecule has 0 spiro atoms. The zero-order valence-corrected chi connectivity index (χ0v) is 13.7. The minimum Gasteiger partial charge on any atom is -0.439 e. The Morgan fingerprint density at radius 3 is 2.58 bits per heavy atom. The number of nitrogens with one attached hydrogen (secondary N) is 1. The van der Waals surface area contributed by atoms with Gasteiger partial charge in [0.05, 0.1) is 0 Å². The second kappa shape index (κ2) is 7.03. The first kappa shape index (κ1) is 14.5. The van der Waals surface area contributed by atoms with Crippen molar-refractivity contribution in [2.24, 2.45) is 0 Å². The Kier molecular flexibility index (Phi) is 5.36. The molecule has 1 heterocycles. The van der Waals surface area contributed by atoms with Crippen molar-refractivity contribution >= 4 is 31.9 Å². The molecule has 0 saturated carbocycles. The molecule has 0 saturated heterocycles. The van der Waals surface area contributed by atoms with Crippen molar-refractivity contribution in [2.75, 3.05) is 6.54 Å². The molecular formula is C14H14Br2N2O. The van der Waals surface area contributed by atoms with Crippen molar-refractivity contribution in [3.63, 3.8) is 0 Å². The Bertz CT molecular complexity index is 544. The van der Waals surface area contributed by atoms with Crippen LogP contribution in [0.2, 0.25) is 0 Å². The largest absolute Gasteiger partial charge is 0.439 e. The first-order valence-electron chi connectivity index (χ1n) is 5.97. The minimum absolute atomic E-state index is 0.631. The molecule has 19 heavy (non-hydrogen) atoms. The van der Waals surface area contributed by atoms with Crippen molar-refractivity contribution in [2.45, 2.75) is 13.5 Å². The average Bonchev–Trinajstić information content (AvgIpc) is 2.41. The van der Waals surface area contributed by atoms with Gasteiger partial charge in [0, 0.05) is 27.3 Å². The van der Waals surface area contributed by atoms with E-state index in [0.29, 0.717) is 5.88 Å². The first-order valence-corrected chi connectivity index (χ1v) is 7.56. The zero-order valence-electron chi connectivity index (χ0n) is 10.5. The van der Waals surface area contributed by atoms with Gasteiger partial charge in [0.15, 0.2) is 0 Å². The number of rotatable bonds is 5. The first-order chi connectivity index (χ1) is 9.19. The summed E-state index contributed by atoms with van der Waals surface area (Å²) in [4.78, 5) is 4.33. The maximum absolute atomic E-state index is 5.82. The van der Waals surface area contributed by atoms with Crippen LogP contribution in [0.25, 0.3) is 0 Å². The van der Waals surface area contributed by atoms with Gasteiger partial charge < -0.3 is 10.1 Å². The number of halogens is 2. The van der Waals surface area contributed by atoms with Crippen molar-refractivity contribution < 1.29 is 4.74 Å². The molecule has 0 amide bonds. The molecule has 0 aliphatic rings. The van der Waals surface area contributed by atoms with Gasteiger partial charge in [-0.1, -0.05) is 22.9 Å². The molecule has 0 unspecified atom stereocenters. The average molecular weight is 386 g/mol. The lowest BCUT2D eigenvalue weighted by Gasteiger charge is -2.11. The molecular weight excluding hydrogens is 372 g/mol. The van der Waals surface area contributed by atoms with Crippen molar-refractivity contribution in [1.82, 2.24) is 10.3 Å². The molecule has 2 aromatic rings. The van der Waals surface area contributed by atoms with Gasteiger partial charge in [-0.05, 0) is 52.8 Å². The number of benzene rings is 1. The SMILES string of the molecule is CCNCc1cc(Br)cnc1Oc1ccc(Br)cc1. The van der Waals surface area contributed by atoms with Gasteiger partial charge in [0.1, 0.15) is 5.75 Å². The summed E-state index contributed by atoms with van der Waals surface area (Å²) in [5, 5.41) is 3.28. The number of ether oxygens (including phenoxy) is 1. The van der Waals surface area contributed by atoms with Gasteiger partial charge in [-0.3, -0.25) is 0 Å². The molecule has 2 rings (SSSR count). The Hall–Kier alpha value is -0.910. The Morgan fingerprint density at radius 1 is 1.16 bits per heavy atom. The lowest BCUT2D eigenvalue weighted by molar-refractivity contribution is 0.453. The van der Waals surface area contributed by atoms with Crippen LogP contribution in [-0.4, -0.2) is 11.5 Å². The maximum atomic E-state index is 5.82. The molecule has 0 radical (unpaired) electrons. The van der Waals surface area contributed by atoms with E-state index in [2.05, 4.69) is 49.1 Å². The molecule has 0 atom stereocenters. The van der Waals surface area contributed by atoms with Crippen LogP contribution in [0.5, 0.6) is 11.6 Å². The monoisotopic (exact) mass is 384 g/mol. The van der Waals surface area contributed by atoms with Crippen LogP contribution in [0.4, 0.5) is 0 Å². The van der Waals surface area contributed by atoms with Gasteiger partial charge in [-0.15, -0.1) is 0 Å². The number of hydrogen-bond donors (Lipinski definition) is 1. The number of pyridine rings is 1. The van der Waals surface area contributed by atoms with Crippen molar-refractivity contribution in [1.29, 1.82) is 0 Å². The van der Waals surface area contributed by atoms with E-state index < -0.39 is 0 Å². The second-order valence-corrected chi connectivity index (χ2v) is 5.79. The van der Waals surface area contributed by atoms with Gasteiger partial charge in [-0.2, -0.15) is 0 Å². The number of nitrogens with zero attached hydrogens (tertiary/aromatic N) is 1. The third kappa shape index (κ3) is 4.30. The highest BCUT2D eigenvalue weighted by atomic mass is 79.9. The Morgan fingerprint density at radius 2 is 1.89 bits per heavy atom. The minimum atomic E-state index is 0.631. The highest BCUT2D eigenvalue weighted by Crippen LogP contribution is 2.26. The summed E-state index contributed by atoms with van der Waals surface area (Å²) in [5.74, 6) is 1.40. The van der Waals surface area contributed by atoms with E-state index in [1.54, 1.807) is 6.20 Å². The van der Waals surface area contributed by atoms with E-state index >= 15 is 0 Å². The summed E-state index contributed by atoms with van der Waals surface area (Å²) in [6.45, 7) is 3.71. The molecule has 1 N–H and O–H groups in total. The van der Waals surface area contributed by atoms with Gasteiger partial charge in [-0.25, -0.2) is 4.98 Å². The zero-order chi connectivity index (χ0) is 13.7. The predicted molar refractivity (Wildman–Crippen MR) is 83.5 cm³/mol. The van der Waals surface area contributed by atoms with Crippen molar-refractivity contribution in [3.05, 3.63) is 51.0 Å². The van der Waals surface area contributed by atoms with Crippen LogP contribution >= 0.6 is 31.9 Å². The molecule has 3 nitrogen and oxygen atoms in total. The molecule has 100 valence electrons. The van der Waals surface area contributed by atoms with E-state index in [-0.39, 0.29) is 0 Å². The summed E-state index contributed by atoms with van der Waals surface area (Å²) in [7, 11) is 0. The van der Waals surface area contributed by atoms with Crippen LogP contribution in [0.1, 0.15) is 12.5 Å². The third-order valence-electron chi connectivity index (χ3n) is 2.49. The Labute approximate surface area is 129 Å². The summed E-state index contributed by atoms with van der Waals surface area (Å²) in [6.07, 6.45) is 1.74. The lowest BCUT2D eigenvalue weighted by atomic mass is 10.2. The molecule has 1 aromatic carbocycles. The molecule has 0 fully saturated rings. The smallest absolute Gasteiger partial charge is 0.223 e. The van der Waals surface area contributed by atoms with Crippen LogP contribution < -0.4 is 10.1 Å². The summed E-state index contributed by atoms with van der Waals surface area (Å²) < 4.78 is 7.80. The second-order valence-electron chi connectivity index (χ2n) is 3.95. The quantitative estimate of drug-likeness (QED) is 0.822. The molecule has 0 aliphatic carbocycles. The van der Waals surface area contributed by atoms with Crippen LogP contribution in [0, 0.1) is 0 Å². The summed E-state index contributed by atoms with van der Waals surface area (Å²) in [5.41, 5.74) is 1.03. The van der Waals surface area contributed by atoms with Gasteiger partial charge in [0.2, 0.25) is 5.88 Å². The van der Waals surface area contributed by atoms with Crippen LogP contribution in [0.3, 0.4) is 0 Å². The molecule has 0 bridgehead atoms. The fourth-order valence-electron chi connectivity index (χ4n) is 1.56. The highest BCUT2D eigenvalue weighted by molar-refractivity contribution is 9.10. The fraction of sp³-hybridized carbons (Fsp3) is 0.214.